The molecule has 0 amide bonds. The number of carbonyl (C=O) groups excluding carboxylic acids is 1. The van der Waals surface area contributed by atoms with Crippen molar-refractivity contribution in [3.63, 3.8) is 0 Å². The number of carbonyl (C=O) groups is 1. The van der Waals surface area contributed by atoms with Gasteiger partial charge in [0, 0.05) is 4.90 Å². The highest BCUT2D eigenvalue weighted by Gasteiger charge is 2.39. The van der Waals surface area contributed by atoms with Gasteiger partial charge in [0.25, 0.3) is 0 Å². The second-order valence-electron chi connectivity index (χ2n) is 3.51. The number of esters is 1. The number of alkyl halides is 6. The second kappa shape index (κ2) is 5.85. The molecule has 0 aromatic heterocycles. The fraction of sp³-hybridized carbons (Fsp3) is 0.273. The first-order valence-corrected chi connectivity index (χ1v) is 5.81. The molecule has 1 aromatic carbocycles. The number of benzene rings is 1. The molecular formula is C11H5F6NO2S. The molecule has 0 unspecified atom stereocenters. The minimum absolute atomic E-state index is 0.366. The van der Waals surface area contributed by atoms with E-state index in [1.54, 1.807) is 0 Å². The van der Waals surface area contributed by atoms with Gasteiger partial charge in [-0.05, 0) is 23.9 Å². The van der Waals surface area contributed by atoms with Crippen molar-refractivity contribution in [3.05, 3.63) is 28.8 Å². The smallest absolute Gasteiger partial charge is 0.446 e. The van der Waals surface area contributed by atoms with E-state index in [1.165, 1.54) is 0 Å². The van der Waals surface area contributed by atoms with E-state index in [2.05, 4.69) is 4.74 Å². The van der Waals surface area contributed by atoms with Gasteiger partial charge in [-0.1, -0.05) is 0 Å². The summed E-state index contributed by atoms with van der Waals surface area (Å²) < 4.78 is 79.7. The molecule has 0 heterocycles. The van der Waals surface area contributed by atoms with Crippen LogP contribution in [-0.2, 0) is 10.9 Å². The Morgan fingerprint density at radius 3 is 2.19 bits per heavy atom. The first-order chi connectivity index (χ1) is 9.51. The van der Waals surface area contributed by atoms with Crippen LogP contribution in [0, 0.1) is 11.3 Å². The molecule has 3 nitrogen and oxygen atoms in total. The van der Waals surface area contributed by atoms with Crippen LogP contribution in [0.3, 0.4) is 0 Å². The van der Waals surface area contributed by atoms with Crippen LogP contribution in [0.5, 0.6) is 0 Å². The Balaban J connectivity index is 3.65. The summed E-state index contributed by atoms with van der Waals surface area (Å²) in [6.07, 6.45) is -5.03. The number of ether oxygens (including phenoxy) is 1. The summed E-state index contributed by atoms with van der Waals surface area (Å²) in [6, 6.07) is 1.98. The zero-order chi connectivity index (χ0) is 16.4. The van der Waals surface area contributed by atoms with Crippen LogP contribution in [0.1, 0.15) is 21.5 Å². The summed E-state index contributed by atoms with van der Waals surface area (Å²) in [5.74, 6) is -1.27. The number of nitrogens with zero attached hydrogens (tertiary/aromatic N) is 1. The first-order valence-electron chi connectivity index (χ1n) is 4.99. The Morgan fingerprint density at radius 2 is 1.81 bits per heavy atom. The predicted octanol–water partition coefficient (Wildman–Crippen LogP) is 3.98. The molecule has 21 heavy (non-hydrogen) atoms. The third-order valence-electron chi connectivity index (χ3n) is 2.20. The molecule has 0 spiro atoms. The number of halogens is 6. The maximum absolute atomic E-state index is 12.7. The first kappa shape index (κ1) is 17.2. The Bertz CT molecular complexity index is 602. The Kier molecular flexibility index (Phi) is 4.78. The van der Waals surface area contributed by atoms with Gasteiger partial charge in [0.2, 0.25) is 0 Å². The quantitative estimate of drug-likeness (QED) is 0.468. The van der Waals surface area contributed by atoms with Gasteiger partial charge in [0.15, 0.2) is 0 Å². The molecule has 0 saturated heterocycles. The van der Waals surface area contributed by atoms with Gasteiger partial charge >= 0.3 is 17.7 Å². The van der Waals surface area contributed by atoms with E-state index in [0.29, 0.717) is 12.1 Å². The maximum Gasteiger partial charge on any atom is 0.446 e. The highest BCUT2D eigenvalue weighted by Crippen LogP contribution is 2.44. The zero-order valence-electron chi connectivity index (χ0n) is 10.1. The van der Waals surface area contributed by atoms with E-state index >= 15 is 0 Å². The van der Waals surface area contributed by atoms with Crippen molar-refractivity contribution < 1.29 is 35.9 Å². The Labute approximate surface area is 118 Å². The molecular weight excluding hydrogens is 324 g/mol. The average Bonchev–Trinajstić information content (AvgIpc) is 2.34. The lowest BCUT2D eigenvalue weighted by Gasteiger charge is -2.15. The van der Waals surface area contributed by atoms with E-state index in [0.717, 1.165) is 13.2 Å². The number of methoxy groups -OCH3 is 1. The summed E-state index contributed by atoms with van der Waals surface area (Å²) in [7, 11) is 0.855. The summed E-state index contributed by atoms with van der Waals surface area (Å²) in [5, 5.41) is 8.76. The molecule has 0 saturated carbocycles. The van der Waals surface area contributed by atoms with Crippen LogP contribution in [0.15, 0.2) is 17.0 Å². The molecule has 0 aliphatic rings. The normalized spacial score (nSPS) is 11.9. The van der Waals surface area contributed by atoms with Crippen molar-refractivity contribution in [3.8, 4) is 6.07 Å². The van der Waals surface area contributed by atoms with Crippen LogP contribution in [-0.4, -0.2) is 18.6 Å². The predicted molar refractivity (Wildman–Crippen MR) is 59.4 cm³/mol. The van der Waals surface area contributed by atoms with Crippen molar-refractivity contribution in [1.82, 2.24) is 0 Å². The second-order valence-corrected chi connectivity index (χ2v) is 4.59. The van der Waals surface area contributed by atoms with E-state index in [9.17, 15) is 31.1 Å². The number of nitriles is 1. The maximum atomic E-state index is 12.7. The molecule has 0 fully saturated rings. The van der Waals surface area contributed by atoms with E-state index < -0.39 is 51.0 Å². The lowest BCUT2D eigenvalue weighted by Crippen LogP contribution is -2.14. The molecule has 0 atom stereocenters. The third-order valence-corrected chi connectivity index (χ3v) is 3.06. The van der Waals surface area contributed by atoms with Crippen LogP contribution in [0.2, 0.25) is 0 Å². The number of hydrogen-bond donors (Lipinski definition) is 0. The number of rotatable bonds is 2. The Morgan fingerprint density at radius 1 is 1.24 bits per heavy atom. The molecule has 0 radical (unpaired) electrons. The minimum atomic E-state index is -5.03. The molecule has 0 aliphatic carbocycles. The highest BCUT2D eigenvalue weighted by atomic mass is 32.2. The summed E-state index contributed by atoms with van der Waals surface area (Å²) in [5.41, 5.74) is -8.56. The SMILES string of the molecule is COC(=O)c1ccc(C(F)(F)F)c(C#N)c1SC(F)(F)F. The standard InChI is InChI=1S/C11H5F6NO2S/c1-20-9(19)5-2-3-7(10(12,13)14)6(4-18)8(5)21-11(15,16)17/h2-3H,1H3. The lowest BCUT2D eigenvalue weighted by atomic mass is 10.0. The third kappa shape index (κ3) is 4.04. The highest BCUT2D eigenvalue weighted by molar-refractivity contribution is 8.00. The molecule has 0 aliphatic heterocycles. The van der Waals surface area contributed by atoms with Gasteiger partial charge in [-0.3, -0.25) is 0 Å². The van der Waals surface area contributed by atoms with Crippen molar-refractivity contribution in [2.75, 3.05) is 7.11 Å². The fourth-order valence-electron chi connectivity index (χ4n) is 1.42. The van der Waals surface area contributed by atoms with E-state index in [-0.39, 0.29) is 0 Å². The van der Waals surface area contributed by atoms with E-state index in [4.69, 9.17) is 5.26 Å². The van der Waals surface area contributed by atoms with Crippen LogP contribution in [0.25, 0.3) is 0 Å². The monoisotopic (exact) mass is 329 g/mol. The van der Waals surface area contributed by atoms with Gasteiger partial charge in [-0.2, -0.15) is 31.6 Å². The Hall–Kier alpha value is -1.89. The number of thioether (sulfide) groups is 1. The molecule has 0 N–H and O–H groups in total. The minimum Gasteiger partial charge on any atom is -0.465 e. The lowest BCUT2D eigenvalue weighted by molar-refractivity contribution is -0.138. The molecule has 0 bridgehead atoms. The van der Waals surface area contributed by atoms with Crippen LogP contribution < -0.4 is 0 Å². The van der Waals surface area contributed by atoms with Crippen LogP contribution in [0.4, 0.5) is 26.3 Å². The number of hydrogen-bond acceptors (Lipinski definition) is 4. The zero-order valence-corrected chi connectivity index (χ0v) is 10.9. The summed E-state index contributed by atoms with van der Waals surface area (Å²) in [6.45, 7) is 0. The van der Waals surface area contributed by atoms with Crippen molar-refractivity contribution in [1.29, 1.82) is 5.26 Å². The average molecular weight is 329 g/mol. The van der Waals surface area contributed by atoms with Crippen LogP contribution >= 0.6 is 11.8 Å². The van der Waals surface area contributed by atoms with Crippen molar-refractivity contribution in [2.24, 2.45) is 0 Å². The van der Waals surface area contributed by atoms with Gasteiger partial charge in [-0.15, -0.1) is 0 Å². The molecule has 114 valence electrons. The molecule has 1 rings (SSSR count). The summed E-state index contributed by atoms with van der Waals surface area (Å²) >= 11 is -0.971. The fourth-order valence-corrected chi connectivity index (χ4v) is 2.17. The topological polar surface area (TPSA) is 50.1 Å². The molecule has 10 heteroatoms. The van der Waals surface area contributed by atoms with Gasteiger partial charge in [-0.25, -0.2) is 4.79 Å². The van der Waals surface area contributed by atoms with Crippen molar-refractivity contribution >= 4 is 17.7 Å². The van der Waals surface area contributed by atoms with Gasteiger partial charge in [0.1, 0.15) is 6.07 Å². The molecule has 1 aromatic rings. The van der Waals surface area contributed by atoms with E-state index in [1.807, 2.05) is 0 Å². The van der Waals surface area contributed by atoms with Gasteiger partial charge in [0.05, 0.1) is 23.8 Å². The largest absolute Gasteiger partial charge is 0.465 e. The van der Waals surface area contributed by atoms with Gasteiger partial charge < -0.3 is 4.74 Å². The summed E-state index contributed by atoms with van der Waals surface area (Å²) in [4.78, 5) is 10.2. The van der Waals surface area contributed by atoms with Crippen molar-refractivity contribution in [2.45, 2.75) is 16.6 Å².